The number of nitrogens with zero attached hydrogens (tertiary/aromatic N) is 3. The van der Waals surface area contributed by atoms with Gasteiger partial charge in [0.25, 0.3) is 0 Å². The third kappa shape index (κ3) is 5.67. The monoisotopic (exact) mass is 496 g/mol. The fourth-order valence-electron chi connectivity index (χ4n) is 2.22. The SMILES string of the molecule is CC[NH2+]CCOc1nn(-c2c(Cl)cc(Cl)cc2Cl)c(C(Cl)Cl)c1[N+](=O)[O-].[Cl-]. The summed E-state index contributed by atoms with van der Waals surface area (Å²) in [5.74, 6) is -0.220. The second-order valence-electron chi connectivity index (χ2n) is 5.06. The fraction of sp³-hybridized carbons (Fsp3) is 0.357. The zero-order valence-corrected chi connectivity index (χ0v) is 18.3. The van der Waals surface area contributed by atoms with Crippen molar-refractivity contribution in [3.05, 3.63) is 43.0 Å². The summed E-state index contributed by atoms with van der Waals surface area (Å²) in [5.41, 5.74) is -0.394. The van der Waals surface area contributed by atoms with Gasteiger partial charge in [-0.05, 0) is 19.1 Å². The molecule has 27 heavy (non-hydrogen) atoms. The first-order chi connectivity index (χ1) is 12.3. The lowest BCUT2D eigenvalue weighted by atomic mass is 10.3. The number of benzene rings is 1. The summed E-state index contributed by atoms with van der Waals surface area (Å²) in [5, 5.41) is 18.2. The Balaban J connectivity index is 0.00000364. The Hall–Kier alpha value is -0.670. The van der Waals surface area contributed by atoms with Gasteiger partial charge in [0, 0.05) is 5.02 Å². The Morgan fingerprint density at radius 3 is 2.37 bits per heavy atom. The molecule has 0 aliphatic carbocycles. The molecule has 0 unspecified atom stereocenters. The van der Waals surface area contributed by atoms with Gasteiger partial charge in [-0.2, -0.15) is 0 Å². The first-order valence-electron chi connectivity index (χ1n) is 7.42. The summed E-state index contributed by atoms with van der Waals surface area (Å²) in [6.07, 6.45) is 0. The Labute approximate surface area is 186 Å². The number of ether oxygens (including phenoxy) is 1. The number of hydrogen-bond donors (Lipinski definition) is 1. The molecular formula is C14H14Cl6N4O3. The van der Waals surface area contributed by atoms with E-state index < -0.39 is 15.4 Å². The molecule has 0 fully saturated rings. The quantitative estimate of drug-likeness (QED) is 0.256. The molecule has 0 saturated carbocycles. The molecule has 0 bridgehead atoms. The van der Waals surface area contributed by atoms with Crippen molar-refractivity contribution >= 4 is 63.7 Å². The largest absolute Gasteiger partial charge is 1.00 e. The third-order valence-electron chi connectivity index (χ3n) is 3.30. The molecule has 0 aliphatic heterocycles. The van der Waals surface area contributed by atoms with Crippen molar-refractivity contribution in [2.45, 2.75) is 11.8 Å². The molecule has 0 saturated heterocycles. The highest BCUT2D eigenvalue weighted by molar-refractivity contribution is 6.44. The van der Waals surface area contributed by atoms with Crippen molar-refractivity contribution in [3.8, 4) is 11.6 Å². The molecule has 13 heteroatoms. The van der Waals surface area contributed by atoms with Crippen LogP contribution in [0.3, 0.4) is 0 Å². The van der Waals surface area contributed by atoms with Crippen molar-refractivity contribution in [2.75, 3.05) is 19.7 Å². The summed E-state index contributed by atoms with van der Waals surface area (Å²) in [7, 11) is 0. The number of rotatable bonds is 8. The van der Waals surface area contributed by atoms with Crippen LogP contribution in [0.15, 0.2) is 12.1 Å². The minimum atomic E-state index is -1.27. The maximum Gasteiger partial charge on any atom is 0.356 e. The normalized spacial score (nSPS) is 10.8. The van der Waals surface area contributed by atoms with Crippen LogP contribution < -0.4 is 22.5 Å². The average molecular weight is 499 g/mol. The smallest absolute Gasteiger partial charge is 0.356 e. The number of hydrogen-bond acceptors (Lipinski definition) is 4. The molecule has 0 radical (unpaired) electrons. The van der Waals surface area contributed by atoms with Crippen LogP contribution in [0.5, 0.6) is 5.88 Å². The van der Waals surface area contributed by atoms with Gasteiger partial charge in [0.05, 0.1) is 21.5 Å². The molecule has 1 heterocycles. The van der Waals surface area contributed by atoms with E-state index in [1.54, 1.807) is 0 Å². The molecule has 0 amide bonds. The Kier molecular flexibility index (Phi) is 9.71. The third-order valence-corrected chi connectivity index (χ3v) is 4.50. The van der Waals surface area contributed by atoms with E-state index in [1.807, 2.05) is 12.2 Å². The minimum Gasteiger partial charge on any atom is -1.00 e. The highest BCUT2D eigenvalue weighted by Gasteiger charge is 2.35. The molecular weight excluding hydrogens is 485 g/mol. The van der Waals surface area contributed by atoms with E-state index in [2.05, 4.69) is 5.10 Å². The summed E-state index contributed by atoms with van der Waals surface area (Å²) in [6.45, 7) is 3.64. The van der Waals surface area contributed by atoms with Gasteiger partial charge in [0.15, 0.2) is 10.5 Å². The van der Waals surface area contributed by atoms with Gasteiger partial charge < -0.3 is 22.5 Å². The van der Waals surface area contributed by atoms with Crippen molar-refractivity contribution < 1.29 is 27.4 Å². The van der Waals surface area contributed by atoms with Crippen LogP contribution in [-0.4, -0.2) is 34.4 Å². The number of quaternary nitrogens is 1. The molecule has 150 valence electrons. The molecule has 0 spiro atoms. The maximum atomic E-state index is 11.6. The van der Waals surface area contributed by atoms with E-state index in [-0.39, 0.29) is 46.3 Å². The lowest BCUT2D eigenvalue weighted by Crippen LogP contribution is -3.00. The van der Waals surface area contributed by atoms with Gasteiger partial charge in [0.1, 0.15) is 18.8 Å². The van der Waals surface area contributed by atoms with Crippen molar-refractivity contribution in [1.29, 1.82) is 0 Å². The minimum absolute atomic E-state index is 0. The van der Waals surface area contributed by atoms with Crippen LogP contribution in [-0.2, 0) is 0 Å². The lowest BCUT2D eigenvalue weighted by molar-refractivity contribution is -0.652. The van der Waals surface area contributed by atoms with Gasteiger partial charge in [0.2, 0.25) is 0 Å². The van der Waals surface area contributed by atoms with E-state index in [9.17, 15) is 10.1 Å². The number of alkyl halides is 2. The predicted molar refractivity (Wildman–Crippen MR) is 103 cm³/mol. The first kappa shape index (κ1) is 24.4. The maximum absolute atomic E-state index is 11.6. The standard InChI is InChI=1S/C14H13Cl5N4O3.ClH/c1-2-20-3-4-26-14-12(23(24)25)11(13(18)19)22(21-14)10-8(16)5-7(15)6-9(10)17;/h5-6,13,20H,2-4H2,1H3;1H. The zero-order chi connectivity index (χ0) is 19.4. The van der Waals surface area contributed by atoms with Crippen LogP contribution in [0.4, 0.5) is 5.69 Å². The van der Waals surface area contributed by atoms with Gasteiger partial charge in [-0.1, -0.05) is 58.0 Å². The highest BCUT2D eigenvalue weighted by Crippen LogP contribution is 2.43. The molecule has 0 atom stereocenters. The van der Waals surface area contributed by atoms with Gasteiger partial charge in [-0.25, -0.2) is 4.68 Å². The van der Waals surface area contributed by atoms with Crippen LogP contribution in [0.1, 0.15) is 17.5 Å². The summed E-state index contributed by atoms with van der Waals surface area (Å²) >= 11 is 30.2. The molecule has 1 aromatic carbocycles. The predicted octanol–water partition coefficient (Wildman–Crippen LogP) is 1.18. The molecule has 7 nitrogen and oxygen atoms in total. The lowest BCUT2D eigenvalue weighted by Gasteiger charge is -2.11. The molecule has 2 aromatic rings. The van der Waals surface area contributed by atoms with E-state index >= 15 is 0 Å². The van der Waals surface area contributed by atoms with Gasteiger partial charge in [-0.15, -0.1) is 5.10 Å². The second-order valence-corrected chi connectivity index (χ2v) is 7.41. The first-order valence-corrected chi connectivity index (χ1v) is 9.43. The molecule has 2 N–H and O–H groups in total. The number of nitro groups is 1. The zero-order valence-electron chi connectivity index (χ0n) is 13.8. The van der Waals surface area contributed by atoms with Crippen molar-refractivity contribution in [1.82, 2.24) is 9.78 Å². The number of aromatic nitrogens is 2. The van der Waals surface area contributed by atoms with Crippen LogP contribution in [0.25, 0.3) is 5.69 Å². The van der Waals surface area contributed by atoms with Crippen LogP contribution in [0, 0.1) is 10.1 Å². The van der Waals surface area contributed by atoms with E-state index in [4.69, 9.17) is 62.7 Å². The van der Waals surface area contributed by atoms with Crippen LogP contribution in [0.2, 0.25) is 15.1 Å². The number of likely N-dealkylation sites (N-methyl/N-ethyl adjacent to an activating group) is 1. The van der Waals surface area contributed by atoms with E-state index in [0.717, 1.165) is 11.2 Å². The molecule has 1 aromatic heterocycles. The fourth-order valence-corrected chi connectivity index (χ4v) is 3.59. The summed E-state index contributed by atoms with van der Waals surface area (Å²) in [6, 6.07) is 2.85. The number of nitrogens with two attached hydrogens (primary N) is 1. The van der Waals surface area contributed by atoms with Gasteiger partial charge >= 0.3 is 11.6 Å². The van der Waals surface area contributed by atoms with Gasteiger partial charge in [-0.3, -0.25) is 10.1 Å². The summed E-state index contributed by atoms with van der Waals surface area (Å²) in [4.78, 5) is 9.63. The number of halogens is 6. The van der Waals surface area contributed by atoms with Crippen molar-refractivity contribution in [3.63, 3.8) is 0 Å². The molecule has 2 rings (SSSR count). The van der Waals surface area contributed by atoms with E-state index in [0.29, 0.717) is 11.6 Å². The second kappa shape index (κ2) is 10.8. The Morgan fingerprint density at radius 2 is 1.89 bits per heavy atom. The van der Waals surface area contributed by atoms with E-state index in [1.165, 1.54) is 12.1 Å². The highest BCUT2D eigenvalue weighted by atomic mass is 35.5. The average Bonchev–Trinajstić information content (AvgIpc) is 2.90. The Bertz CT molecular complexity index is 791. The molecule has 0 aliphatic rings. The Morgan fingerprint density at radius 1 is 1.30 bits per heavy atom. The summed E-state index contributed by atoms with van der Waals surface area (Å²) < 4.78 is 6.58. The topological polar surface area (TPSA) is 86.8 Å². The van der Waals surface area contributed by atoms with Crippen molar-refractivity contribution in [2.24, 2.45) is 0 Å². The van der Waals surface area contributed by atoms with Crippen LogP contribution >= 0.6 is 58.0 Å².